The summed E-state index contributed by atoms with van der Waals surface area (Å²) in [5.74, 6) is 0.688. The van der Waals surface area contributed by atoms with E-state index < -0.39 is 0 Å². The van der Waals surface area contributed by atoms with Crippen LogP contribution in [0.25, 0.3) is 10.4 Å². The van der Waals surface area contributed by atoms with E-state index in [4.69, 9.17) is 0 Å². The van der Waals surface area contributed by atoms with Gasteiger partial charge in [0.2, 0.25) is 5.91 Å². The summed E-state index contributed by atoms with van der Waals surface area (Å²) >= 11 is 1.65. The van der Waals surface area contributed by atoms with Gasteiger partial charge in [-0.15, -0.1) is 11.3 Å². The number of aromatic nitrogens is 1. The number of ketones is 1. The lowest BCUT2D eigenvalue weighted by Crippen LogP contribution is -2.46. The highest BCUT2D eigenvalue weighted by molar-refractivity contribution is 7.13. The smallest absolute Gasteiger partial charge is 0.226 e. The Kier molecular flexibility index (Phi) is 7.04. The normalized spacial score (nSPS) is 21.2. The van der Waals surface area contributed by atoms with Crippen molar-refractivity contribution in [2.75, 3.05) is 6.54 Å². The molecule has 3 rings (SSSR count). The second kappa shape index (κ2) is 9.23. The first-order chi connectivity index (χ1) is 14.5. The summed E-state index contributed by atoms with van der Waals surface area (Å²) in [4.78, 5) is 33.8. The fraction of sp³-hybridized carbons (Fsp3) is 0.577. The highest BCUT2D eigenvalue weighted by Crippen LogP contribution is 2.34. The van der Waals surface area contributed by atoms with Gasteiger partial charge in [-0.3, -0.25) is 9.59 Å². The zero-order valence-electron chi connectivity index (χ0n) is 19.9. The molecule has 0 bridgehead atoms. The maximum atomic E-state index is 13.3. The van der Waals surface area contributed by atoms with Crippen molar-refractivity contribution in [2.24, 2.45) is 17.3 Å². The third kappa shape index (κ3) is 5.25. The van der Waals surface area contributed by atoms with E-state index in [1.807, 2.05) is 24.3 Å². The SMILES string of the molecule is Cc1ncsc1-c1ccc([C@H](C)CC(=O)[C@@H]2C[C@@H](C)CN2C(=O)[C@@H](C)C(C)(C)C)cc1. The molecule has 5 heteroatoms. The lowest BCUT2D eigenvalue weighted by molar-refractivity contribution is -0.143. The minimum Gasteiger partial charge on any atom is -0.332 e. The van der Waals surface area contributed by atoms with Gasteiger partial charge in [0.15, 0.2) is 5.78 Å². The summed E-state index contributed by atoms with van der Waals surface area (Å²) in [7, 11) is 0. The summed E-state index contributed by atoms with van der Waals surface area (Å²) in [6, 6.07) is 8.20. The second-order valence-corrected chi connectivity index (χ2v) is 11.3. The number of carbonyl (C=O) groups excluding carboxylic acids is 2. The minimum absolute atomic E-state index is 0.103. The molecule has 1 saturated heterocycles. The van der Waals surface area contributed by atoms with E-state index in [0.717, 1.165) is 17.7 Å². The van der Waals surface area contributed by atoms with Crippen molar-refractivity contribution in [3.63, 3.8) is 0 Å². The summed E-state index contributed by atoms with van der Waals surface area (Å²) < 4.78 is 0. The van der Waals surface area contributed by atoms with Gasteiger partial charge in [-0.25, -0.2) is 4.98 Å². The van der Waals surface area contributed by atoms with E-state index in [-0.39, 0.29) is 35.0 Å². The van der Waals surface area contributed by atoms with Crippen molar-refractivity contribution in [2.45, 2.75) is 73.3 Å². The molecule has 0 saturated carbocycles. The zero-order valence-corrected chi connectivity index (χ0v) is 20.8. The Morgan fingerprint density at radius 1 is 1.19 bits per heavy atom. The molecule has 0 radical (unpaired) electrons. The van der Waals surface area contributed by atoms with Crippen molar-refractivity contribution in [3.8, 4) is 10.4 Å². The number of thiazole rings is 1. The number of hydrogen-bond donors (Lipinski definition) is 0. The van der Waals surface area contributed by atoms with E-state index in [9.17, 15) is 9.59 Å². The molecule has 2 heterocycles. The van der Waals surface area contributed by atoms with Crippen LogP contribution in [0.5, 0.6) is 0 Å². The number of carbonyl (C=O) groups is 2. The van der Waals surface area contributed by atoms with E-state index in [1.54, 1.807) is 11.3 Å². The Hall–Kier alpha value is -2.01. The van der Waals surface area contributed by atoms with Gasteiger partial charge in [0.25, 0.3) is 0 Å². The Morgan fingerprint density at radius 2 is 1.84 bits per heavy atom. The van der Waals surface area contributed by atoms with Crippen LogP contribution in [0.1, 0.15) is 71.6 Å². The number of hydrogen-bond acceptors (Lipinski definition) is 4. The summed E-state index contributed by atoms with van der Waals surface area (Å²) in [6.45, 7) is 15.2. The first-order valence-corrected chi connectivity index (χ1v) is 12.2. The van der Waals surface area contributed by atoms with Crippen LogP contribution in [0.4, 0.5) is 0 Å². The number of nitrogens with zero attached hydrogens (tertiary/aromatic N) is 2. The average molecular weight is 441 g/mol. The van der Waals surface area contributed by atoms with Crippen LogP contribution in [0.3, 0.4) is 0 Å². The molecular weight excluding hydrogens is 404 g/mol. The quantitative estimate of drug-likeness (QED) is 0.545. The molecule has 168 valence electrons. The number of aryl methyl sites for hydroxylation is 1. The molecule has 2 aromatic rings. The Bertz CT molecular complexity index is 926. The number of benzene rings is 1. The molecule has 0 spiro atoms. The number of amides is 1. The van der Waals surface area contributed by atoms with Gasteiger partial charge in [-0.05, 0) is 41.7 Å². The Balaban J connectivity index is 1.69. The highest BCUT2D eigenvalue weighted by atomic mass is 32.1. The zero-order chi connectivity index (χ0) is 22.9. The summed E-state index contributed by atoms with van der Waals surface area (Å²) in [5.41, 5.74) is 5.13. The van der Waals surface area contributed by atoms with Crippen molar-refractivity contribution in [3.05, 3.63) is 41.0 Å². The van der Waals surface area contributed by atoms with Crippen LogP contribution in [0.2, 0.25) is 0 Å². The van der Waals surface area contributed by atoms with E-state index >= 15 is 0 Å². The largest absolute Gasteiger partial charge is 0.332 e. The molecule has 4 nitrogen and oxygen atoms in total. The topological polar surface area (TPSA) is 50.3 Å². The van der Waals surface area contributed by atoms with Crippen LogP contribution in [0, 0.1) is 24.2 Å². The van der Waals surface area contributed by atoms with Gasteiger partial charge in [-0.2, -0.15) is 0 Å². The van der Waals surface area contributed by atoms with Crippen LogP contribution < -0.4 is 0 Å². The molecule has 4 atom stereocenters. The van der Waals surface area contributed by atoms with Gasteiger partial charge in [0.05, 0.1) is 22.1 Å². The third-order valence-corrected chi connectivity index (χ3v) is 7.81. The maximum Gasteiger partial charge on any atom is 0.226 e. The Labute approximate surface area is 191 Å². The molecule has 1 aliphatic heterocycles. The fourth-order valence-corrected chi connectivity index (χ4v) is 5.12. The van der Waals surface area contributed by atoms with Crippen molar-refractivity contribution in [1.29, 1.82) is 0 Å². The van der Waals surface area contributed by atoms with Crippen LogP contribution in [0.15, 0.2) is 29.8 Å². The summed E-state index contributed by atoms with van der Waals surface area (Å²) in [5, 5.41) is 0. The molecule has 1 aromatic carbocycles. The second-order valence-electron chi connectivity index (χ2n) is 10.4. The maximum absolute atomic E-state index is 13.3. The standard InChI is InChI=1S/C26H36N2O2S/c1-16-12-22(28(14-16)25(30)18(3)26(5,6)7)23(29)13-17(2)20-8-10-21(11-9-20)24-19(4)27-15-31-24/h8-11,15-18,22H,12-14H2,1-7H3/t16-,17-,18-,22+/m1/s1. The van der Waals surface area contributed by atoms with Crippen LogP contribution >= 0.6 is 11.3 Å². The monoisotopic (exact) mass is 440 g/mol. The average Bonchev–Trinajstić information content (AvgIpc) is 3.31. The molecule has 1 aromatic heterocycles. The lowest BCUT2D eigenvalue weighted by Gasteiger charge is -2.33. The van der Waals surface area contributed by atoms with Gasteiger partial charge in [0.1, 0.15) is 0 Å². The van der Waals surface area contributed by atoms with E-state index in [1.165, 1.54) is 10.4 Å². The first-order valence-electron chi connectivity index (χ1n) is 11.3. The molecule has 1 aliphatic rings. The minimum atomic E-state index is -0.283. The number of Topliss-reactive ketones (excluding diaryl/α,β-unsaturated/α-hetero) is 1. The molecule has 0 unspecified atom stereocenters. The molecular formula is C26H36N2O2S. The van der Waals surface area contributed by atoms with Crippen LogP contribution in [-0.2, 0) is 9.59 Å². The molecule has 1 fully saturated rings. The number of rotatable bonds is 6. The van der Waals surface area contributed by atoms with Gasteiger partial charge >= 0.3 is 0 Å². The van der Waals surface area contributed by atoms with Gasteiger partial charge < -0.3 is 4.90 Å². The predicted octanol–water partition coefficient (Wildman–Crippen LogP) is 6.10. The molecule has 0 aliphatic carbocycles. The van der Waals surface area contributed by atoms with E-state index in [2.05, 4.69) is 63.9 Å². The van der Waals surface area contributed by atoms with Gasteiger partial charge in [-0.1, -0.05) is 65.8 Å². The van der Waals surface area contributed by atoms with Crippen molar-refractivity contribution in [1.82, 2.24) is 9.88 Å². The predicted molar refractivity (Wildman–Crippen MR) is 128 cm³/mol. The fourth-order valence-electron chi connectivity index (χ4n) is 4.31. The highest BCUT2D eigenvalue weighted by Gasteiger charge is 2.41. The molecule has 0 N–H and O–H groups in total. The lowest BCUT2D eigenvalue weighted by atomic mass is 9.81. The number of likely N-dealkylation sites (tertiary alicyclic amines) is 1. The van der Waals surface area contributed by atoms with Gasteiger partial charge in [0, 0.05) is 18.9 Å². The Morgan fingerprint density at radius 3 is 2.39 bits per heavy atom. The molecule has 1 amide bonds. The third-order valence-electron chi connectivity index (χ3n) is 6.83. The summed E-state index contributed by atoms with van der Waals surface area (Å²) in [6.07, 6.45) is 1.24. The molecule has 31 heavy (non-hydrogen) atoms. The van der Waals surface area contributed by atoms with Crippen molar-refractivity contribution >= 4 is 23.0 Å². The van der Waals surface area contributed by atoms with Crippen molar-refractivity contribution < 1.29 is 9.59 Å². The first kappa shape index (κ1) is 23.6. The van der Waals surface area contributed by atoms with E-state index in [0.29, 0.717) is 18.9 Å². The van der Waals surface area contributed by atoms with Crippen LogP contribution in [-0.4, -0.2) is 34.2 Å².